The van der Waals surface area contributed by atoms with Crippen LogP contribution >= 0.6 is 15.9 Å². The molecule has 1 aliphatic heterocycles. The Kier molecular flexibility index (Phi) is 1.50. The highest BCUT2D eigenvalue weighted by atomic mass is 79.9. The van der Waals surface area contributed by atoms with Gasteiger partial charge in [-0.15, -0.1) is 0 Å². The molecular formula is C10H9BrN2. The Hall–Kier alpha value is -0.830. The molecule has 2 nitrogen and oxygen atoms in total. The van der Waals surface area contributed by atoms with E-state index in [4.69, 9.17) is 0 Å². The van der Waals surface area contributed by atoms with Gasteiger partial charge in [0.25, 0.3) is 0 Å². The van der Waals surface area contributed by atoms with E-state index in [0.717, 1.165) is 12.2 Å². The molecular weight excluding hydrogens is 228 g/mol. The number of hydrogen-bond donors (Lipinski definition) is 0. The summed E-state index contributed by atoms with van der Waals surface area (Å²) >= 11 is 3.64. The standard InChI is InChI=1S/C10H9BrN2/c11-9-7-3-1-5-12-10(7)13-6-2-4-8(9)13/h1,3,5H,2,4,6H2. The first-order valence-corrected chi connectivity index (χ1v) is 5.29. The molecule has 0 radical (unpaired) electrons. The van der Waals surface area contributed by atoms with Gasteiger partial charge in [0.15, 0.2) is 0 Å². The maximum Gasteiger partial charge on any atom is 0.141 e. The minimum atomic E-state index is 1.12. The highest BCUT2D eigenvalue weighted by Gasteiger charge is 2.19. The van der Waals surface area contributed by atoms with Gasteiger partial charge in [-0.1, -0.05) is 0 Å². The number of rotatable bonds is 0. The van der Waals surface area contributed by atoms with E-state index in [9.17, 15) is 0 Å². The third kappa shape index (κ3) is 0.908. The van der Waals surface area contributed by atoms with Crippen LogP contribution in [0, 0.1) is 0 Å². The summed E-state index contributed by atoms with van der Waals surface area (Å²) in [5.41, 5.74) is 2.54. The van der Waals surface area contributed by atoms with Crippen LogP contribution in [0.15, 0.2) is 22.8 Å². The van der Waals surface area contributed by atoms with Gasteiger partial charge >= 0.3 is 0 Å². The van der Waals surface area contributed by atoms with Gasteiger partial charge in [-0.25, -0.2) is 4.98 Å². The topological polar surface area (TPSA) is 17.8 Å². The molecule has 0 aromatic carbocycles. The van der Waals surface area contributed by atoms with E-state index in [2.05, 4.69) is 31.5 Å². The molecule has 0 spiro atoms. The molecule has 3 rings (SSSR count). The second-order valence-corrected chi connectivity index (χ2v) is 4.18. The van der Waals surface area contributed by atoms with E-state index in [1.165, 1.54) is 28.4 Å². The molecule has 66 valence electrons. The number of aryl methyl sites for hydroxylation is 1. The summed E-state index contributed by atoms with van der Waals surface area (Å²) in [6.45, 7) is 1.12. The largest absolute Gasteiger partial charge is 0.328 e. The maximum atomic E-state index is 4.41. The fourth-order valence-corrected chi connectivity index (χ4v) is 2.80. The Morgan fingerprint density at radius 2 is 2.38 bits per heavy atom. The van der Waals surface area contributed by atoms with E-state index >= 15 is 0 Å². The number of aromatic nitrogens is 2. The van der Waals surface area contributed by atoms with E-state index in [1.54, 1.807) is 0 Å². The Bertz CT molecular complexity index is 473. The van der Waals surface area contributed by atoms with Crippen LogP contribution in [0.25, 0.3) is 11.0 Å². The zero-order chi connectivity index (χ0) is 8.84. The molecule has 2 aromatic heterocycles. The zero-order valence-corrected chi connectivity index (χ0v) is 8.71. The molecule has 1 aliphatic rings. The predicted octanol–water partition coefficient (Wildman–Crippen LogP) is 2.75. The highest BCUT2D eigenvalue weighted by molar-refractivity contribution is 9.10. The average Bonchev–Trinajstić information content (AvgIpc) is 2.72. The molecule has 0 amide bonds. The fourth-order valence-electron chi connectivity index (χ4n) is 2.08. The Morgan fingerprint density at radius 3 is 3.31 bits per heavy atom. The summed E-state index contributed by atoms with van der Waals surface area (Å²) < 4.78 is 3.56. The van der Waals surface area contributed by atoms with Crippen molar-refractivity contribution >= 4 is 27.0 Å². The third-order valence-corrected chi connectivity index (χ3v) is 3.54. The van der Waals surface area contributed by atoms with Crippen molar-refractivity contribution in [3.63, 3.8) is 0 Å². The van der Waals surface area contributed by atoms with Gasteiger partial charge in [-0.2, -0.15) is 0 Å². The second kappa shape index (κ2) is 2.58. The van der Waals surface area contributed by atoms with Crippen LogP contribution in [0.4, 0.5) is 0 Å². The van der Waals surface area contributed by atoms with Crippen molar-refractivity contribution in [3.8, 4) is 0 Å². The number of halogens is 1. The summed E-state index contributed by atoms with van der Waals surface area (Å²) in [7, 11) is 0. The predicted molar refractivity (Wildman–Crippen MR) is 55.8 cm³/mol. The first kappa shape index (κ1) is 7.56. The molecule has 2 aromatic rings. The second-order valence-electron chi connectivity index (χ2n) is 3.39. The summed E-state index contributed by atoms with van der Waals surface area (Å²) in [6.07, 6.45) is 4.29. The van der Waals surface area contributed by atoms with Crippen molar-refractivity contribution in [2.45, 2.75) is 19.4 Å². The molecule has 0 saturated carbocycles. The first-order valence-electron chi connectivity index (χ1n) is 4.49. The molecule has 0 bridgehead atoms. The Morgan fingerprint density at radius 1 is 1.46 bits per heavy atom. The van der Waals surface area contributed by atoms with E-state index in [1.807, 2.05) is 12.3 Å². The summed E-state index contributed by atoms with van der Waals surface area (Å²) in [5.74, 6) is 0. The molecule has 0 aliphatic carbocycles. The zero-order valence-electron chi connectivity index (χ0n) is 7.13. The lowest BCUT2D eigenvalue weighted by Gasteiger charge is -1.96. The maximum absolute atomic E-state index is 4.41. The van der Waals surface area contributed by atoms with Gasteiger partial charge in [-0.3, -0.25) is 0 Å². The minimum absolute atomic E-state index is 1.12. The number of fused-ring (bicyclic) bond motifs is 3. The molecule has 0 atom stereocenters. The number of nitrogens with zero attached hydrogens (tertiary/aromatic N) is 2. The average molecular weight is 237 g/mol. The molecule has 0 N–H and O–H groups in total. The number of hydrogen-bond acceptors (Lipinski definition) is 1. The third-order valence-electron chi connectivity index (χ3n) is 2.65. The van der Waals surface area contributed by atoms with Crippen molar-refractivity contribution in [3.05, 3.63) is 28.5 Å². The van der Waals surface area contributed by atoms with Gasteiger partial charge < -0.3 is 4.57 Å². The van der Waals surface area contributed by atoms with Crippen LogP contribution in [-0.2, 0) is 13.0 Å². The van der Waals surface area contributed by atoms with Gasteiger partial charge in [0.05, 0.1) is 0 Å². The van der Waals surface area contributed by atoms with Crippen molar-refractivity contribution in [1.82, 2.24) is 9.55 Å². The lowest BCUT2D eigenvalue weighted by atomic mass is 10.2. The van der Waals surface area contributed by atoms with E-state index in [0.29, 0.717) is 0 Å². The van der Waals surface area contributed by atoms with Crippen LogP contribution in [0.3, 0.4) is 0 Å². The number of pyridine rings is 1. The van der Waals surface area contributed by atoms with Crippen LogP contribution in [0.2, 0.25) is 0 Å². The summed E-state index contributed by atoms with van der Waals surface area (Å²) in [6, 6.07) is 4.11. The smallest absolute Gasteiger partial charge is 0.141 e. The van der Waals surface area contributed by atoms with Gasteiger partial charge in [0, 0.05) is 28.3 Å². The van der Waals surface area contributed by atoms with Crippen molar-refractivity contribution in [1.29, 1.82) is 0 Å². The van der Waals surface area contributed by atoms with E-state index in [-0.39, 0.29) is 0 Å². The SMILES string of the molecule is Brc1c2n(c3ncccc13)CCC2. The Labute approximate surface area is 84.7 Å². The van der Waals surface area contributed by atoms with Crippen LogP contribution < -0.4 is 0 Å². The van der Waals surface area contributed by atoms with Gasteiger partial charge in [0.2, 0.25) is 0 Å². The highest BCUT2D eigenvalue weighted by Crippen LogP contribution is 2.33. The normalized spacial score (nSPS) is 15.2. The van der Waals surface area contributed by atoms with Crippen molar-refractivity contribution < 1.29 is 0 Å². The molecule has 0 unspecified atom stereocenters. The first-order chi connectivity index (χ1) is 6.38. The lowest BCUT2D eigenvalue weighted by Crippen LogP contribution is -1.92. The molecule has 13 heavy (non-hydrogen) atoms. The van der Waals surface area contributed by atoms with E-state index < -0.39 is 0 Å². The summed E-state index contributed by atoms with van der Waals surface area (Å²) in [5, 5.41) is 1.25. The molecule has 0 saturated heterocycles. The fraction of sp³-hybridized carbons (Fsp3) is 0.300. The Balaban J connectivity index is 2.49. The van der Waals surface area contributed by atoms with Crippen LogP contribution in [0.1, 0.15) is 12.1 Å². The van der Waals surface area contributed by atoms with Crippen molar-refractivity contribution in [2.24, 2.45) is 0 Å². The molecule has 3 heterocycles. The van der Waals surface area contributed by atoms with Crippen molar-refractivity contribution in [2.75, 3.05) is 0 Å². The lowest BCUT2D eigenvalue weighted by molar-refractivity contribution is 0.765. The molecule has 0 fully saturated rings. The summed E-state index contributed by atoms with van der Waals surface area (Å²) in [4.78, 5) is 4.41. The van der Waals surface area contributed by atoms with Crippen LogP contribution in [-0.4, -0.2) is 9.55 Å². The molecule has 3 heteroatoms. The minimum Gasteiger partial charge on any atom is -0.328 e. The van der Waals surface area contributed by atoms with Crippen LogP contribution in [0.5, 0.6) is 0 Å². The monoisotopic (exact) mass is 236 g/mol. The van der Waals surface area contributed by atoms with Gasteiger partial charge in [-0.05, 0) is 40.9 Å². The van der Waals surface area contributed by atoms with Gasteiger partial charge in [0.1, 0.15) is 5.65 Å². The quantitative estimate of drug-likeness (QED) is 0.688.